The Hall–Kier alpha value is -3.04. The van der Waals surface area contributed by atoms with E-state index >= 15 is 0 Å². The summed E-state index contributed by atoms with van der Waals surface area (Å²) < 4.78 is 51.1. The molecule has 1 fully saturated rings. The van der Waals surface area contributed by atoms with Crippen LogP contribution < -0.4 is 4.74 Å². The van der Waals surface area contributed by atoms with Gasteiger partial charge >= 0.3 is 5.97 Å². The predicted molar refractivity (Wildman–Crippen MR) is 121 cm³/mol. The van der Waals surface area contributed by atoms with Crippen LogP contribution in [0.1, 0.15) is 41.6 Å². The lowest BCUT2D eigenvalue weighted by Crippen LogP contribution is -2.32. The fraction of sp³-hybridized carbons (Fsp3) is 0.333. The fourth-order valence-electron chi connectivity index (χ4n) is 3.49. The van der Waals surface area contributed by atoms with E-state index < -0.39 is 34.2 Å². The van der Waals surface area contributed by atoms with E-state index in [0.717, 1.165) is 43.9 Å². The van der Waals surface area contributed by atoms with Gasteiger partial charge in [-0.3, -0.25) is 4.79 Å². The van der Waals surface area contributed by atoms with Gasteiger partial charge in [0, 0.05) is 24.7 Å². The Bertz CT molecular complexity index is 1120. The summed E-state index contributed by atoms with van der Waals surface area (Å²) in [5.41, 5.74) is 0.692. The molecule has 2 aromatic rings. The van der Waals surface area contributed by atoms with E-state index in [9.17, 15) is 22.4 Å². The molecule has 176 valence electrons. The van der Waals surface area contributed by atoms with E-state index in [2.05, 4.69) is 0 Å². The highest BCUT2D eigenvalue weighted by Crippen LogP contribution is 2.29. The molecule has 0 saturated carbocycles. The van der Waals surface area contributed by atoms with Crippen LogP contribution in [0.15, 0.2) is 53.4 Å². The minimum Gasteiger partial charge on any atom is -0.495 e. The number of methoxy groups -OCH3 is 1. The quantitative estimate of drug-likeness (QED) is 0.327. The first-order valence-electron chi connectivity index (χ1n) is 10.6. The summed E-state index contributed by atoms with van der Waals surface area (Å²) in [6.07, 6.45) is 6.14. The van der Waals surface area contributed by atoms with Crippen molar-refractivity contribution in [2.75, 3.05) is 26.8 Å². The molecule has 0 aromatic heterocycles. The van der Waals surface area contributed by atoms with Gasteiger partial charge in [-0.1, -0.05) is 18.9 Å². The van der Waals surface area contributed by atoms with Crippen molar-refractivity contribution in [1.29, 1.82) is 0 Å². The molecule has 0 atom stereocenters. The lowest BCUT2D eigenvalue weighted by molar-refractivity contribution is -0.136. The number of halogens is 1. The first kappa shape index (κ1) is 24.6. The Morgan fingerprint density at radius 1 is 1.03 bits per heavy atom. The van der Waals surface area contributed by atoms with Crippen LogP contribution >= 0.6 is 0 Å². The van der Waals surface area contributed by atoms with Crippen molar-refractivity contribution in [3.63, 3.8) is 0 Å². The van der Waals surface area contributed by atoms with Crippen LogP contribution in [0.5, 0.6) is 5.75 Å². The third-order valence-electron chi connectivity index (χ3n) is 5.29. The third kappa shape index (κ3) is 6.49. The molecule has 1 aliphatic heterocycles. The van der Waals surface area contributed by atoms with Gasteiger partial charge in [0.1, 0.15) is 16.5 Å². The number of rotatable bonds is 8. The average molecular weight is 476 g/mol. The maximum Gasteiger partial charge on any atom is 0.331 e. The van der Waals surface area contributed by atoms with Gasteiger partial charge in [-0.05, 0) is 60.9 Å². The summed E-state index contributed by atoms with van der Waals surface area (Å²) in [6.45, 7) is 0.423. The van der Waals surface area contributed by atoms with Gasteiger partial charge in [0.25, 0.3) is 0 Å². The van der Waals surface area contributed by atoms with E-state index in [1.54, 1.807) is 6.07 Å². The summed E-state index contributed by atoms with van der Waals surface area (Å²) in [4.78, 5) is 24.1. The van der Waals surface area contributed by atoms with Gasteiger partial charge in [-0.25, -0.2) is 17.6 Å². The lowest BCUT2D eigenvalue weighted by Gasteiger charge is -2.21. The van der Waals surface area contributed by atoms with Crippen LogP contribution in [0, 0.1) is 5.82 Å². The maximum atomic E-state index is 13.2. The zero-order chi connectivity index (χ0) is 23.8. The van der Waals surface area contributed by atoms with Crippen molar-refractivity contribution in [3.05, 3.63) is 65.5 Å². The van der Waals surface area contributed by atoms with Crippen LogP contribution in [-0.2, 0) is 19.6 Å². The standard InChI is InChI=1S/C24H26FNO6S/c1-31-22-12-6-18(16-23(22)33(29,30)26-14-4-2-3-5-15-26)7-13-24(28)32-17-21(27)19-8-10-20(25)11-9-19/h6-13,16H,2-5,14-15,17H2,1H3. The Morgan fingerprint density at radius 2 is 1.70 bits per heavy atom. The number of benzene rings is 2. The molecule has 0 N–H and O–H groups in total. The Kier molecular flexibility index (Phi) is 8.35. The number of esters is 1. The number of carbonyl (C=O) groups excluding carboxylic acids is 2. The summed E-state index contributed by atoms with van der Waals surface area (Å²) in [5.74, 6) is -1.47. The van der Waals surface area contributed by atoms with Crippen molar-refractivity contribution >= 4 is 27.9 Å². The van der Waals surface area contributed by atoms with Gasteiger partial charge in [-0.2, -0.15) is 4.31 Å². The fourth-order valence-corrected chi connectivity index (χ4v) is 5.20. The maximum absolute atomic E-state index is 13.2. The molecule has 7 nitrogen and oxygen atoms in total. The molecule has 0 radical (unpaired) electrons. The number of Topliss-reactive ketones (excluding diaryl/α,β-unsaturated/α-hetero) is 1. The van der Waals surface area contributed by atoms with Gasteiger partial charge in [0.2, 0.25) is 10.0 Å². The number of nitrogens with zero attached hydrogens (tertiary/aromatic N) is 1. The molecule has 33 heavy (non-hydrogen) atoms. The van der Waals surface area contributed by atoms with Crippen molar-refractivity contribution in [2.45, 2.75) is 30.6 Å². The molecule has 0 unspecified atom stereocenters. The van der Waals surface area contributed by atoms with E-state index in [4.69, 9.17) is 9.47 Å². The summed E-state index contributed by atoms with van der Waals surface area (Å²) in [6, 6.07) is 9.52. The minimum atomic E-state index is -3.76. The smallest absolute Gasteiger partial charge is 0.331 e. The lowest BCUT2D eigenvalue weighted by atomic mass is 10.1. The highest BCUT2D eigenvalue weighted by atomic mass is 32.2. The normalized spacial score (nSPS) is 15.2. The number of hydrogen-bond donors (Lipinski definition) is 0. The second kappa shape index (κ2) is 11.2. The average Bonchev–Trinajstić information content (AvgIpc) is 3.12. The van der Waals surface area contributed by atoms with Gasteiger partial charge < -0.3 is 9.47 Å². The van der Waals surface area contributed by atoms with Crippen LogP contribution in [0.25, 0.3) is 6.08 Å². The predicted octanol–water partition coefficient (Wildman–Crippen LogP) is 3.84. The molecule has 0 aliphatic carbocycles. The first-order valence-corrected chi connectivity index (χ1v) is 12.1. The topological polar surface area (TPSA) is 90.0 Å². The number of hydrogen-bond acceptors (Lipinski definition) is 6. The molecule has 0 bridgehead atoms. The molecule has 2 aromatic carbocycles. The highest BCUT2D eigenvalue weighted by molar-refractivity contribution is 7.89. The van der Waals surface area contributed by atoms with E-state index in [-0.39, 0.29) is 16.2 Å². The van der Waals surface area contributed by atoms with Crippen LogP contribution in [-0.4, -0.2) is 51.3 Å². The Balaban J connectivity index is 1.69. The van der Waals surface area contributed by atoms with Gasteiger partial charge in [-0.15, -0.1) is 0 Å². The Morgan fingerprint density at radius 3 is 2.33 bits per heavy atom. The zero-order valence-corrected chi connectivity index (χ0v) is 19.1. The molecule has 1 heterocycles. The van der Waals surface area contributed by atoms with E-state index in [1.807, 2.05) is 0 Å². The monoisotopic (exact) mass is 475 g/mol. The zero-order valence-electron chi connectivity index (χ0n) is 18.3. The summed E-state index contributed by atoms with van der Waals surface area (Å²) >= 11 is 0. The first-order chi connectivity index (χ1) is 15.8. The Labute approximate surface area is 192 Å². The molecule has 1 saturated heterocycles. The molecular formula is C24H26FNO6S. The van der Waals surface area contributed by atoms with Crippen molar-refractivity contribution < 1.29 is 31.9 Å². The molecule has 3 rings (SSSR count). The van der Waals surface area contributed by atoms with Gasteiger partial charge in [0.05, 0.1) is 7.11 Å². The molecule has 1 aliphatic rings. The van der Waals surface area contributed by atoms with Crippen molar-refractivity contribution in [2.24, 2.45) is 0 Å². The summed E-state index contributed by atoms with van der Waals surface area (Å²) in [7, 11) is -2.35. The molecule has 9 heteroatoms. The summed E-state index contributed by atoms with van der Waals surface area (Å²) in [5, 5.41) is 0. The van der Waals surface area contributed by atoms with Crippen molar-refractivity contribution in [3.8, 4) is 5.75 Å². The number of carbonyl (C=O) groups is 2. The number of sulfonamides is 1. The molecule has 0 spiro atoms. The second-order valence-electron chi connectivity index (χ2n) is 7.60. The highest BCUT2D eigenvalue weighted by Gasteiger charge is 2.28. The van der Waals surface area contributed by atoms with E-state index in [0.29, 0.717) is 18.7 Å². The molecule has 0 amide bonds. The van der Waals surface area contributed by atoms with Crippen LogP contribution in [0.2, 0.25) is 0 Å². The number of ether oxygens (including phenoxy) is 2. The van der Waals surface area contributed by atoms with Crippen molar-refractivity contribution in [1.82, 2.24) is 4.31 Å². The van der Waals surface area contributed by atoms with Crippen LogP contribution in [0.4, 0.5) is 4.39 Å². The molecular weight excluding hydrogens is 449 g/mol. The minimum absolute atomic E-state index is 0.0360. The SMILES string of the molecule is COc1ccc(C=CC(=O)OCC(=O)c2ccc(F)cc2)cc1S(=O)(=O)N1CCCCCC1. The van der Waals surface area contributed by atoms with Gasteiger partial charge in [0.15, 0.2) is 12.4 Å². The van der Waals surface area contributed by atoms with Crippen LogP contribution in [0.3, 0.4) is 0 Å². The largest absolute Gasteiger partial charge is 0.495 e. The third-order valence-corrected chi connectivity index (χ3v) is 7.21. The van der Waals surface area contributed by atoms with E-state index in [1.165, 1.54) is 41.8 Å². The number of ketones is 1. The second-order valence-corrected chi connectivity index (χ2v) is 9.51.